The number of hydrogen-bond donors (Lipinski definition) is 2. The predicted molar refractivity (Wildman–Crippen MR) is 139 cm³/mol. The second-order valence-electron chi connectivity index (χ2n) is 9.24. The van der Waals surface area contributed by atoms with Crippen molar-refractivity contribution in [1.29, 1.82) is 0 Å². The maximum atomic E-state index is 13.2. The standard InChI is InChI=1S/C25H26N2O5S3/c28-22-8-7-19-18(13-21-23(29)26-24(34-21)35(30,31)32)5-4-6-20(19)27(22)16-25(10-2-1-3-11-25)14-17-9-12-33-15-17/h1-6,9-10,12,15,21,24H,7-8,11,13-14,16H2,(H,26,29)(H,30,31,32). The second kappa shape index (κ2) is 9.57. The Kier molecular flexibility index (Phi) is 6.65. The lowest BCUT2D eigenvalue weighted by molar-refractivity contribution is -0.120. The van der Waals surface area contributed by atoms with Crippen LogP contribution in [0.4, 0.5) is 5.69 Å². The van der Waals surface area contributed by atoms with E-state index in [9.17, 15) is 22.6 Å². The zero-order valence-corrected chi connectivity index (χ0v) is 21.4. The Morgan fingerprint density at radius 2 is 2.03 bits per heavy atom. The first kappa shape index (κ1) is 24.3. The minimum Gasteiger partial charge on any atom is -0.328 e. The molecule has 0 saturated carbocycles. The third kappa shape index (κ3) is 5.11. The number of amides is 2. The topological polar surface area (TPSA) is 104 Å². The van der Waals surface area contributed by atoms with Gasteiger partial charge >= 0.3 is 0 Å². The number of thioether (sulfide) groups is 1. The molecule has 3 aliphatic rings. The van der Waals surface area contributed by atoms with Crippen LogP contribution in [-0.2, 0) is 39.0 Å². The lowest BCUT2D eigenvalue weighted by Crippen LogP contribution is -2.44. The predicted octanol–water partition coefficient (Wildman–Crippen LogP) is 3.72. The molecule has 2 N–H and O–H groups in total. The Morgan fingerprint density at radius 1 is 1.17 bits per heavy atom. The summed E-state index contributed by atoms with van der Waals surface area (Å²) >= 11 is 2.58. The number of rotatable bonds is 7. The Bertz CT molecular complexity index is 1300. The maximum absolute atomic E-state index is 13.2. The van der Waals surface area contributed by atoms with Crippen LogP contribution in [0.15, 0.2) is 59.3 Å². The van der Waals surface area contributed by atoms with Crippen molar-refractivity contribution in [2.45, 2.75) is 42.1 Å². The van der Waals surface area contributed by atoms with E-state index in [-0.39, 0.29) is 11.3 Å². The van der Waals surface area contributed by atoms with Gasteiger partial charge in [-0.1, -0.05) is 36.4 Å². The molecule has 2 aliphatic heterocycles. The Hall–Kier alpha value is -2.40. The Balaban J connectivity index is 1.42. The largest absolute Gasteiger partial charge is 0.328 e. The molecule has 2 amide bonds. The summed E-state index contributed by atoms with van der Waals surface area (Å²) in [5, 5.41) is 5.95. The molecule has 0 spiro atoms. The van der Waals surface area contributed by atoms with E-state index in [4.69, 9.17) is 0 Å². The molecule has 35 heavy (non-hydrogen) atoms. The monoisotopic (exact) mass is 530 g/mol. The highest BCUT2D eigenvalue weighted by molar-refractivity contribution is 8.12. The fraction of sp³-hybridized carbons (Fsp3) is 0.360. The zero-order valence-electron chi connectivity index (χ0n) is 18.9. The van der Waals surface area contributed by atoms with E-state index in [1.54, 1.807) is 11.3 Å². The first-order valence-electron chi connectivity index (χ1n) is 11.4. The van der Waals surface area contributed by atoms with Gasteiger partial charge in [0.05, 0.1) is 5.25 Å². The molecule has 3 atom stereocenters. The lowest BCUT2D eigenvalue weighted by Gasteiger charge is -2.39. The summed E-state index contributed by atoms with van der Waals surface area (Å²) in [6.07, 6.45) is 11.4. The van der Waals surface area contributed by atoms with Gasteiger partial charge in [-0.05, 0) is 65.3 Å². The van der Waals surface area contributed by atoms with Crippen LogP contribution in [-0.4, -0.2) is 41.3 Å². The zero-order chi connectivity index (χ0) is 24.6. The number of carbonyl (C=O) groups is 2. The van der Waals surface area contributed by atoms with Gasteiger partial charge < -0.3 is 10.2 Å². The molecule has 2 aromatic rings. The minimum absolute atomic E-state index is 0.0849. The molecule has 3 unspecified atom stereocenters. The summed E-state index contributed by atoms with van der Waals surface area (Å²) in [4.78, 5) is 27.4. The molecule has 5 rings (SSSR count). The molecule has 3 heterocycles. The highest BCUT2D eigenvalue weighted by Gasteiger charge is 2.41. The minimum atomic E-state index is -4.37. The molecule has 1 saturated heterocycles. The van der Waals surface area contributed by atoms with E-state index < -0.39 is 26.0 Å². The van der Waals surface area contributed by atoms with Gasteiger partial charge in [0.2, 0.25) is 16.5 Å². The van der Waals surface area contributed by atoms with Crippen LogP contribution in [0.5, 0.6) is 0 Å². The van der Waals surface area contributed by atoms with Crippen molar-refractivity contribution >= 4 is 50.7 Å². The van der Waals surface area contributed by atoms with Crippen LogP contribution >= 0.6 is 23.1 Å². The summed E-state index contributed by atoms with van der Waals surface area (Å²) in [6.45, 7) is 0.558. The Labute approximate surface area is 213 Å². The summed E-state index contributed by atoms with van der Waals surface area (Å²) in [6, 6.07) is 7.91. The fourth-order valence-electron chi connectivity index (χ4n) is 5.10. The Morgan fingerprint density at radius 3 is 2.71 bits per heavy atom. The van der Waals surface area contributed by atoms with Gasteiger partial charge in [-0.25, -0.2) is 0 Å². The number of carbonyl (C=O) groups excluding carboxylic acids is 2. The van der Waals surface area contributed by atoms with E-state index in [1.807, 2.05) is 29.2 Å². The van der Waals surface area contributed by atoms with Crippen molar-refractivity contribution in [3.8, 4) is 0 Å². The van der Waals surface area contributed by atoms with Gasteiger partial charge in [0.15, 0.2) is 0 Å². The molecule has 10 heteroatoms. The van der Waals surface area contributed by atoms with Crippen molar-refractivity contribution in [1.82, 2.24) is 5.32 Å². The van der Waals surface area contributed by atoms with Crippen LogP contribution in [0.1, 0.15) is 29.5 Å². The van der Waals surface area contributed by atoms with E-state index in [0.717, 1.165) is 41.4 Å². The van der Waals surface area contributed by atoms with E-state index in [1.165, 1.54) is 5.56 Å². The van der Waals surface area contributed by atoms with E-state index in [0.29, 0.717) is 25.8 Å². The molecule has 184 valence electrons. The van der Waals surface area contributed by atoms with Crippen molar-refractivity contribution in [2.75, 3.05) is 11.4 Å². The highest BCUT2D eigenvalue weighted by atomic mass is 32.3. The number of anilines is 1. The third-order valence-corrected chi connectivity index (χ3v) is 10.3. The summed E-state index contributed by atoms with van der Waals surface area (Å²) < 4.78 is 31.0. The number of nitrogens with zero attached hydrogens (tertiary/aromatic N) is 1. The van der Waals surface area contributed by atoms with Gasteiger partial charge in [-0.2, -0.15) is 19.8 Å². The summed E-state index contributed by atoms with van der Waals surface area (Å²) in [5.74, 6) is -0.325. The van der Waals surface area contributed by atoms with Gasteiger partial charge in [0.1, 0.15) is 0 Å². The number of benzene rings is 1. The van der Waals surface area contributed by atoms with E-state index in [2.05, 4.69) is 40.4 Å². The average molecular weight is 531 g/mol. The molecule has 1 aromatic heterocycles. The van der Waals surface area contributed by atoms with Crippen LogP contribution in [0, 0.1) is 5.41 Å². The molecule has 1 aliphatic carbocycles. The molecular formula is C25H26N2O5S3. The van der Waals surface area contributed by atoms with Crippen LogP contribution in [0.2, 0.25) is 0 Å². The number of thiophene rings is 1. The smallest absolute Gasteiger partial charge is 0.296 e. The summed E-state index contributed by atoms with van der Waals surface area (Å²) in [5.41, 5.74) is 3.86. The highest BCUT2D eigenvalue weighted by Crippen LogP contribution is 2.39. The molecular weight excluding hydrogens is 504 g/mol. The van der Waals surface area contributed by atoms with Gasteiger partial charge in [-0.15, -0.1) is 11.8 Å². The molecule has 0 bridgehead atoms. The van der Waals surface area contributed by atoms with Crippen molar-refractivity contribution in [3.63, 3.8) is 0 Å². The SMILES string of the molecule is O=C1NC(S(=O)(=O)O)SC1Cc1cccc2c1CCC(=O)N2CC1(Cc2ccsc2)C=CC=CC1. The molecule has 7 nitrogen and oxygen atoms in total. The number of allylic oxidation sites excluding steroid dienone is 3. The quantitative estimate of drug-likeness (QED) is 0.529. The summed E-state index contributed by atoms with van der Waals surface area (Å²) in [7, 11) is -4.37. The normalized spacial score (nSPS) is 26.1. The van der Waals surface area contributed by atoms with Gasteiger partial charge in [0, 0.05) is 24.1 Å². The first-order chi connectivity index (χ1) is 16.7. The average Bonchev–Trinajstić information content (AvgIpc) is 3.46. The van der Waals surface area contributed by atoms with Gasteiger partial charge in [-0.3, -0.25) is 14.1 Å². The van der Waals surface area contributed by atoms with Crippen LogP contribution < -0.4 is 10.2 Å². The van der Waals surface area contributed by atoms with Crippen molar-refractivity contribution in [2.24, 2.45) is 5.41 Å². The first-order valence-corrected chi connectivity index (χ1v) is 14.8. The van der Waals surface area contributed by atoms with Crippen LogP contribution in [0.25, 0.3) is 0 Å². The lowest BCUT2D eigenvalue weighted by atomic mass is 9.76. The second-order valence-corrected chi connectivity index (χ2v) is 13.1. The maximum Gasteiger partial charge on any atom is 0.296 e. The molecule has 1 aromatic carbocycles. The fourth-order valence-corrected chi connectivity index (χ4v) is 7.94. The number of nitrogens with one attached hydrogen (secondary N) is 1. The van der Waals surface area contributed by atoms with Crippen LogP contribution in [0.3, 0.4) is 0 Å². The number of hydrogen-bond acceptors (Lipinski definition) is 6. The van der Waals surface area contributed by atoms with Crippen molar-refractivity contribution < 1.29 is 22.6 Å². The van der Waals surface area contributed by atoms with E-state index >= 15 is 0 Å². The van der Waals surface area contributed by atoms with Crippen molar-refractivity contribution in [3.05, 3.63) is 76.0 Å². The third-order valence-electron chi connectivity index (χ3n) is 6.78. The number of fused-ring (bicyclic) bond motifs is 1. The molecule has 0 radical (unpaired) electrons. The van der Waals surface area contributed by atoms with Gasteiger partial charge in [0.25, 0.3) is 10.1 Å². The molecule has 1 fully saturated rings.